The number of hydrogen-bond donors (Lipinski definition) is 2. The number of nitrogens with zero attached hydrogens (tertiary/aromatic N) is 4. The van der Waals surface area contributed by atoms with Gasteiger partial charge < -0.3 is 25.2 Å². The standard InChI is InChI=1S/C27H30N6O2/c1-3-25(34)29-21-10-8-20(9-11-21)18-33-13-12-22-19(2)28-27(31-26(22)33)30-23-6-4-5-7-24(23)32-14-16-35-17-15-32/h3-11H,1,12-18H2,2H3,(H,29,34)(H,28,30,31). The third-order valence-corrected chi connectivity index (χ3v) is 6.41. The van der Waals surface area contributed by atoms with Crippen molar-refractivity contribution in [1.29, 1.82) is 0 Å². The lowest BCUT2D eigenvalue weighted by molar-refractivity contribution is -0.111. The minimum atomic E-state index is -0.214. The summed E-state index contributed by atoms with van der Waals surface area (Å²) in [7, 11) is 0. The third-order valence-electron chi connectivity index (χ3n) is 6.41. The van der Waals surface area contributed by atoms with E-state index >= 15 is 0 Å². The van der Waals surface area contributed by atoms with Crippen molar-refractivity contribution in [1.82, 2.24) is 9.97 Å². The van der Waals surface area contributed by atoms with E-state index in [9.17, 15) is 4.79 Å². The molecule has 35 heavy (non-hydrogen) atoms. The highest BCUT2D eigenvalue weighted by Gasteiger charge is 2.25. The number of anilines is 5. The highest BCUT2D eigenvalue weighted by molar-refractivity contribution is 5.98. The Morgan fingerprint density at radius 1 is 1.09 bits per heavy atom. The molecule has 5 rings (SSSR count). The molecule has 0 aliphatic carbocycles. The Labute approximate surface area is 205 Å². The Morgan fingerprint density at radius 3 is 2.63 bits per heavy atom. The second-order valence-corrected chi connectivity index (χ2v) is 8.74. The van der Waals surface area contributed by atoms with E-state index in [0.29, 0.717) is 5.95 Å². The lowest BCUT2D eigenvalue weighted by Gasteiger charge is -2.30. The normalized spacial score (nSPS) is 15.0. The molecule has 2 aliphatic rings. The van der Waals surface area contributed by atoms with Gasteiger partial charge in [0.2, 0.25) is 11.9 Å². The number of para-hydroxylation sites is 2. The number of carbonyl (C=O) groups is 1. The number of amides is 1. The average molecular weight is 471 g/mol. The van der Waals surface area contributed by atoms with Crippen LogP contribution in [0.25, 0.3) is 0 Å². The van der Waals surface area contributed by atoms with Crippen LogP contribution in [0, 0.1) is 6.92 Å². The summed E-state index contributed by atoms with van der Waals surface area (Å²) in [6, 6.07) is 16.2. The molecule has 0 saturated carbocycles. The van der Waals surface area contributed by atoms with E-state index in [2.05, 4.69) is 52.1 Å². The van der Waals surface area contributed by atoms with Crippen LogP contribution < -0.4 is 20.4 Å². The average Bonchev–Trinajstić information content (AvgIpc) is 3.29. The number of nitrogens with one attached hydrogen (secondary N) is 2. The number of carbonyl (C=O) groups excluding carboxylic acids is 1. The molecule has 0 spiro atoms. The number of fused-ring (bicyclic) bond motifs is 1. The minimum Gasteiger partial charge on any atom is -0.378 e. The lowest BCUT2D eigenvalue weighted by Crippen LogP contribution is -2.36. The predicted molar refractivity (Wildman–Crippen MR) is 140 cm³/mol. The van der Waals surface area contributed by atoms with Crippen LogP contribution in [0.1, 0.15) is 16.8 Å². The molecular formula is C27H30N6O2. The summed E-state index contributed by atoms with van der Waals surface area (Å²) in [5.74, 6) is 1.37. The molecule has 1 amide bonds. The molecule has 180 valence electrons. The maximum absolute atomic E-state index is 11.5. The molecular weight excluding hydrogens is 440 g/mol. The van der Waals surface area contributed by atoms with E-state index in [4.69, 9.17) is 14.7 Å². The maximum Gasteiger partial charge on any atom is 0.247 e. The van der Waals surface area contributed by atoms with Gasteiger partial charge in [0.15, 0.2) is 0 Å². The molecule has 0 atom stereocenters. The van der Waals surface area contributed by atoms with E-state index in [0.717, 1.165) is 80.0 Å². The highest BCUT2D eigenvalue weighted by Crippen LogP contribution is 2.33. The summed E-state index contributed by atoms with van der Waals surface area (Å²) in [6.45, 7) is 10.4. The summed E-state index contributed by atoms with van der Waals surface area (Å²) < 4.78 is 5.52. The van der Waals surface area contributed by atoms with Crippen molar-refractivity contribution >= 4 is 34.7 Å². The largest absolute Gasteiger partial charge is 0.378 e. The van der Waals surface area contributed by atoms with E-state index in [1.54, 1.807) is 0 Å². The third kappa shape index (κ3) is 5.12. The van der Waals surface area contributed by atoms with Gasteiger partial charge in [0, 0.05) is 43.1 Å². The summed E-state index contributed by atoms with van der Waals surface area (Å²) in [5.41, 5.74) is 6.24. The van der Waals surface area contributed by atoms with Gasteiger partial charge >= 0.3 is 0 Å². The number of rotatable bonds is 7. The van der Waals surface area contributed by atoms with E-state index in [1.165, 1.54) is 11.6 Å². The molecule has 2 N–H and O–H groups in total. The molecule has 8 heteroatoms. The fourth-order valence-electron chi connectivity index (χ4n) is 4.58. The van der Waals surface area contributed by atoms with E-state index < -0.39 is 0 Å². The first kappa shape index (κ1) is 22.9. The van der Waals surface area contributed by atoms with Crippen LogP contribution in [-0.4, -0.2) is 48.7 Å². The molecule has 0 radical (unpaired) electrons. The van der Waals surface area contributed by atoms with Gasteiger partial charge in [0.1, 0.15) is 5.82 Å². The Hall–Kier alpha value is -3.91. The molecule has 3 aromatic rings. The van der Waals surface area contributed by atoms with Gasteiger partial charge in [-0.25, -0.2) is 4.98 Å². The van der Waals surface area contributed by atoms with Crippen LogP contribution in [0.4, 0.5) is 28.8 Å². The topological polar surface area (TPSA) is 82.6 Å². The van der Waals surface area contributed by atoms with Crippen molar-refractivity contribution in [3.8, 4) is 0 Å². The molecule has 1 fully saturated rings. The molecule has 0 bridgehead atoms. The predicted octanol–water partition coefficient (Wildman–Crippen LogP) is 4.05. The van der Waals surface area contributed by atoms with Crippen molar-refractivity contribution in [3.05, 3.63) is 78.0 Å². The zero-order valence-electron chi connectivity index (χ0n) is 20.0. The van der Waals surface area contributed by atoms with Gasteiger partial charge in [-0.15, -0.1) is 0 Å². The van der Waals surface area contributed by atoms with Crippen molar-refractivity contribution in [2.45, 2.75) is 19.9 Å². The van der Waals surface area contributed by atoms with Gasteiger partial charge in [-0.2, -0.15) is 4.98 Å². The van der Waals surface area contributed by atoms with Crippen LogP contribution in [0.3, 0.4) is 0 Å². The molecule has 3 heterocycles. The molecule has 8 nitrogen and oxygen atoms in total. The van der Waals surface area contributed by atoms with E-state index in [1.807, 2.05) is 30.3 Å². The smallest absolute Gasteiger partial charge is 0.247 e. The van der Waals surface area contributed by atoms with Crippen molar-refractivity contribution in [2.75, 3.05) is 53.3 Å². The molecule has 2 aromatic carbocycles. The van der Waals surface area contributed by atoms with Gasteiger partial charge in [0.05, 0.1) is 24.6 Å². The molecule has 1 aromatic heterocycles. The first-order valence-electron chi connectivity index (χ1n) is 11.9. The first-order valence-corrected chi connectivity index (χ1v) is 11.9. The zero-order chi connectivity index (χ0) is 24.2. The number of morpholine rings is 1. The van der Waals surface area contributed by atoms with Crippen molar-refractivity contribution < 1.29 is 9.53 Å². The molecule has 2 aliphatic heterocycles. The number of benzene rings is 2. The summed E-state index contributed by atoms with van der Waals surface area (Å²) in [6.07, 6.45) is 2.20. The van der Waals surface area contributed by atoms with Crippen LogP contribution in [-0.2, 0) is 22.5 Å². The Kier molecular flexibility index (Phi) is 6.63. The Balaban J connectivity index is 1.34. The summed E-state index contributed by atoms with van der Waals surface area (Å²) in [4.78, 5) is 25.9. The first-order chi connectivity index (χ1) is 17.1. The van der Waals surface area contributed by atoms with Crippen LogP contribution in [0.2, 0.25) is 0 Å². The fraction of sp³-hybridized carbons (Fsp3) is 0.296. The van der Waals surface area contributed by atoms with Gasteiger partial charge in [-0.1, -0.05) is 30.8 Å². The second kappa shape index (κ2) is 10.1. The van der Waals surface area contributed by atoms with Crippen molar-refractivity contribution in [3.63, 3.8) is 0 Å². The second-order valence-electron chi connectivity index (χ2n) is 8.74. The Bertz CT molecular complexity index is 1220. The number of ether oxygens (including phenoxy) is 1. The monoisotopic (exact) mass is 470 g/mol. The van der Waals surface area contributed by atoms with Gasteiger partial charge in [-0.3, -0.25) is 4.79 Å². The minimum absolute atomic E-state index is 0.214. The lowest BCUT2D eigenvalue weighted by atomic mass is 10.2. The number of hydrogen-bond acceptors (Lipinski definition) is 7. The quantitative estimate of drug-likeness (QED) is 0.504. The van der Waals surface area contributed by atoms with Crippen molar-refractivity contribution in [2.24, 2.45) is 0 Å². The Morgan fingerprint density at radius 2 is 1.86 bits per heavy atom. The molecule has 0 unspecified atom stereocenters. The molecule has 1 saturated heterocycles. The van der Waals surface area contributed by atoms with Gasteiger partial charge in [0.25, 0.3) is 0 Å². The van der Waals surface area contributed by atoms with Crippen LogP contribution >= 0.6 is 0 Å². The number of aromatic nitrogens is 2. The maximum atomic E-state index is 11.5. The van der Waals surface area contributed by atoms with Crippen LogP contribution in [0.5, 0.6) is 0 Å². The van der Waals surface area contributed by atoms with E-state index in [-0.39, 0.29) is 5.91 Å². The summed E-state index contributed by atoms with van der Waals surface area (Å²) >= 11 is 0. The SMILES string of the molecule is C=CC(=O)Nc1ccc(CN2CCc3c(C)nc(Nc4ccccc4N4CCOCC4)nc32)cc1. The van der Waals surface area contributed by atoms with Gasteiger partial charge in [-0.05, 0) is 49.2 Å². The summed E-state index contributed by atoms with van der Waals surface area (Å²) in [5, 5.41) is 6.26. The fourth-order valence-corrected chi connectivity index (χ4v) is 4.58. The zero-order valence-corrected chi connectivity index (χ0v) is 20.0. The highest BCUT2D eigenvalue weighted by atomic mass is 16.5. The van der Waals surface area contributed by atoms with Crippen LogP contribution in [0.15, 0.2) is 61.2 Å². The number of aryl methyl sites for hydroxylation is 1.